The molecule has 6 nitrogen and oxygen atoms in total. The van der Waals surface area contributed by atoms with Crippen molar-refractivity contribution in [1.82, 2.24) is 15.2 Å². The lowest BCUT2D eigenvalue weighted by Gasteiger charge is -2.17. The average molecular weight is 382 g/mol. The van der Waals surface area contributed by atoms with Gasteiger partial charge in [0.2, 0.25) is 11.1 Å². The van der Waals surface area contributed by atoms with Crippen molar-refractivity contribution in [2.45, 2.75) is 30.7 Å². The number of methoxy groups -OCH3 is 1. The number of amides is 1. The highest BCUT2D eigenvalue weighted by Gasteiger charge is 2.25. The zero-order valence-electron chi connectivity index (χ0n) is 15.5. The molecule has 7 heteroatoms. The zero-order valence-corrected chi connectivity index (χ0v) is 16.3. The minimum absolute atomic E-state index is 0.155. The van der Waals surface area contributed by atoms with E-state index in [-0.39, 0.29) is 5.91 Å². The lowest BCUT2D eigenvalue weighted by atomic mass is 10.1. The molecule has 0 saturated carbocycles. The molecule has 0 spiro atoms. The molecule has 3 rings (SSSR count). The van der Waals surface area contributed by atoms with Crippen LogP contribution in [0.15, 0.2) is 53.7 Å². The van der Waals surface area contributed by atoms with E-state index in [4.69, 9.17) is 4.74 Å². The monoisotopic (exact) mass is 382 g/mol. The van der Waals surface area contributed by atoms with Gasteiger partial charge in [-0.15, -0.1) is 5.10 Å². The first-order valence-electron chi connectivity index (χ1n) is 8.69. The number of hydrogen-bond acceptors (Lipinski definition) is 5. The number of rotatable bonds is 7. The molecule has 3 aromatic rings. The van der Waals surface area contributed by atoms with Crippen molar-refractivity contribution >= 4 is 23.4 Å². The van der Waals surface area contributed by atoms with Gasteiger partial charge in [0.05, 0.1) is 12.8 Å². The Balaban J connectivity index is 1.88. The molecular weight excluding hydrogens is 360 g/mol. The summed E-state index contributed by atoms with van der Waals surface area (Å²) in [7, 11) is 1.59. The Bertz CT molecular complexity index is 911. The minimum Gasteiger partial charge on any atom is -0.495 e. The summed E-state index contributed by atoms with van der Waals surface area (Å²) in [4.78, 5) is 17.5. The SMILES string of the molecule is CCc1nc(SC(C(=O)Nc2cc(C)ccc2OC)c2ccccc2)n[nH]1. The predicted molar refractivity (Wildman–Crippen MR) is 107 cm³/mol. The molecular formula is C20H22N4O2S. The second-order valence-corrected chi connectivity index (χ2v) is 7.09. The first-order chi connectivity index (χ1) is 13.1. The van der Waals surface area contributed by atoms with Crippen molar-refractivity contribution in [3.05, 3.63) is 65.5 Å². The van der Waals surface area contributed by atoms with Crippen molar-refractivity contribution in [3.8, 4) is 5.75 Å². The molecule has 1 heterocycles. The van der Waals surface area contributed by atoms with E-state index in [2.05, 4.69) is 20.5 Å². The average Bonchev–Trinajstić information content (AvgIpc) is 3.15. The normalized spacial score (nSPS) is 11.8. The smallest absolute Gasteiger partial charge is 0.242 e. The number of aromatic nitrogens is 3. The number of carbonyl (C=O) groups excluding carboxylic acids is 1. The second-order valence-electron chi connectivity index (χ2n) is 6.02. The summed E-state index contributed by atoms with van der Waals surface area (Å²) in [5, 5.41) is 10.2. The van der Waals surface area contributed by atoms with Crippen molar-refractivity contribution in [2.75, 3.05) is 12.4 Å². The molecule has 0 fully saturated rings. The fraction of sp³-hybridized carbons (Fsp3) is 0.250. The van der Waals surface area contributed by atoms with Crippen LogP contribution in [0.2, 0.25) is 0 Å². The van der Waals surface area contributed by atoms with Crippen molar-refractivity contribution in [2.24, 2.45) is 0 Å². The van der Waals surface area contributed by atoms with Crippen LogP contribution >= 0.6 is 11.8 Å². The molecule has 2 aromatic carbocycles. The van der Waals surface area contributed by atoms with Crippen LogP contribution in [-0.4, -0.2) is 28.2 Å². The maximum atomic E-state index is 13.1. The highest BCUT2D eigenvalue weighted by Crippen LogP contribution is 2.35. The van der Waals surface area contributed by atoms with E-state index in [1.165, 1.54) is 11.8 Å². The fourth-order valence-corrected chi connectivity index (χ4v) is 3.54. The molecule has 1 unspecified atom stereocenters. The van der Waals surface area contributed by atoms with E-state index in [9.17, 15) is 4.79 Å². The Hall–Kier alpha value is -2.80. The van der Waals surface area contributed by atoms with Gasteiger partial charge in [-0.3, -0.25) is 9.89 Å². The molecule has 0 saturated heterocycles. The molecule has 2 N–H and O–H groups in total. The molecule has 0 aliphatic heterocycles. The molecule has 1 aromatic heterocycles. The third-order valence-corrected chi connectivity index (χ3v) is 5.14. The van der Waals surface area contributed by atoms with Gasteiger partial charge < -0.3 is 10.1 Å². The van der Waals surface area contributed by atoms with Gasteiger partial charge in [-0.2, -0.15) is 0 Å². The number of ether oxygens (including phenoxy) is 1. The van der Waals surface area contributed by atoms with Crippen LogP contribution in [0, 0.1) is 6.92 Å². The summed E-state index contributed by atoms with van der Waals surface area (Å²) in [6.45, 7) is 3.97. The van der Waals surface area contributed by atoms with Crippen LogP contribution in [0.1, 0.15) is 29.1 Å². The first kappa shape index (κ1) is 19.0. The summed E-state index contributed by atoms with van der Waals surface area (Å²) in [6.07, 6.45) is 0.760. The standard InChI is InChI=1S/C20H22N4O2S/c1-4-17-22-20(24-23-17)27-18(14-8-6-5-7-9-14)19(25)21-15-12-13(2)10-11-16(15)26-3/h5-12,18H,4H2,1-3H3,(H,21,25)(H,22,23,24). The maximum Gasteiger partial charge on any atom is 0.242 e. The fourth-order valence-electron chi connectivity index (χ4n) is 2.61. The van der Waals surface area contributed by atoms with Gasteiger partial charge in [-0.1, -0.05) is 55.1 Å². The number of thioether (sulfide) groups is 1. The van der Waals surface area contributed by atoms with Gasteiger partial charge in [0.15, 0.2) is 0 Å². The highest BCUT2D eigenvalue weighted by molar-refractivity contribution is 8.00. The molecule has 0 bridgehead atoms. The zero-order chi connectivity index (χ0) is 19.2. The molecule has 1 atom stereocenters. The maximum absolute atomic E-state index is 13.1. The number of aromatic amines is 1. The van der Waals surface area contributed by atoms with Crippen molar-refractivity contribution in [1.29, 1.82) is 0 Å². The van der Waals surface area contributed by atoms with E-state index < -0.39 is 5.25 Å². The van der Waals surface area contributed by atoms with E-state index in [0.717, 1.165) is 23.4 Å². The molecule has 27 heavy (non-hydrogen) atoms. The minimum atomic E-state index is -0.489. The molecule has 0 aliphatic rings. The Morgan fingerprint density at radius 1 is 1.26 bits per heavy atom. The number of benzene rings is 2. The third kappa shape index (κ3) is 4.68. The van der Waals surface area contributed by atoms with Crippen LogP contribution in [0.3, 0.4) is 0 Å². The third-order valence-electron chi connectivity index (χ3n) is 4.02. The van der Waals surface area contributed by atoms with Crippen LogP contribution in [0.25, 0.3) is 0 Å². The number of hydrogen-bond donors (Lipinski definition) is 2. The quantitative estimate of drug-likeness (QED) is 0.600. The number of carbonyl (C=O) groups is 1. The number of anilines is 1. The van der Waals surface area contributed by atoms with Crippen molar-refractivity contribution in [3.63, 3.8) is 0 Å². The highest BCUT2D eigenvalue weighted by atomic mass is 32.2. The number of nitrogens with zero attached hydrogens (tertiary/aromatic N) is 2. The van der Waals surface area contributed by atoms with Gasteiger partial charge in [0.25, 0.3) is 0 Å². The van der Waals surface area contributed by atoms with Gasteiger partial charge >= 0.3 is 0 Å². The predicted octanol–water partition coefficient (Wildman–Crippen LogP) is 4.16. The molecule has 140 valence electrons. The van der Waals surface area contributed by atoms with Crippen LogP contribution in [0.5, 0.6) is 5.75 Å². The molecule has 1 amide bonds. The van der Waals surface area contributed by atoms with E-state index >= 15 is 0 Å². The number of aryl methyl sites for hydroxylation is 2. The van der Waals surface area contributed by atoms with E-state index in [0.29, 0.717) is 16.6 Å². The van der Waals surface area contributed by atoms with Crippen LogP contribution in [-0.2, 0) is 11.2 Å². The van der Waals surface area contributed by atoms with Crippen molar-refractivity contribution < 1.29 is 9.53 Å². The largest absolute Gasteiger partial charge is 0.495 e. The van der Waals surface area contributed by atoms with E-state index in [1.807, 2.05) is 62.4 Å². The molecule has 0 radical (unpaired) electrons. The number of H-pyrrole nitrogens is 1. The van der Waals surface area contributed by atoms with Gasteiger partial charge in [-0.05, 0) is 30.2 Å². The summed E-state index contributed by atoms with van der Waals surface area (Å²) in [6, 6.07) is 15.3. The lowest BCUT2D eigenvalue weighted by molar-refractivity contribution is -0.115. The van der Waals surface area contributed by atoms with E-state index in [1.54, 1.807) is 7.11 Å². The second kappa shape index (κ2) is 8.73. The summed E-state index contributed by atoms with van der Waals surface area (Å²) >= 11 is 1.32. The van der Waals surface area contributed by atoms with Gasteiger partial charge in [0.1, 0.15) is 16.8 Å². The lowest BCUT2D eigenvalue weighted by Crippen LogP contribution is -2.19. The van der Waals surface area contributed by atoms with Gasteiger partial charge in [-0.25, -0.2) is 4.98 Å². The summed E-state index contributed by atoms with van der Waals surface area (Å²) in [5.74, 6) is 1.26. The number of nitrogens with one attached hydrogen (secondary N) is 2. The Morgan fingerprint density at radius 2 is 2.04 bits per heavy atom. The summed E-state index contributed by atoms with van der Waals surface area (Å²) in [5.41, 5.74) is 2.57. The Labute approximate surface area is 162 Å². The van der Waals surface area contributed by atoms with Crippen LogP contribution in [0.4, 0.5) is 5.69 Å². The topological polar surface area (TPSA) is 79.9 Å². The molecule has 0 aliphatic carbocycles. The Kier molecular flexibility index (Phi) is 6.13. The van der Waals surface area contributed by atoms with Crippen LogP contribution < -0.4 is 10.1 Å². The van der Waals surface area contributed by atoms with Gasteiger partial charge in [0, 0.05) is 6.42 Å². The summed E-state index contributed by atoms with van der Waals surface area (Å²) < 4.78 is 5.37. The Morgan fingerprint density at radius 3 is 2.70 bits per heavy atom. The first-order valence-corrected chi connectivity index (χ1v) is 9.57.